The Labute approximate surface area is 67.7 Å². The van der Waals surface area contributed by atoms with Crippen LogP contribution in [-0.2, 0) is 0 Å². The third-order valence-electron chi connectivity index (χ3n) is 1.28. The van der Waals surface area contributed by atoms with Gasteiger partial charge in [0, 0.05) is 0 Å². The van der Waals surface area contributed by atoms with Crippen LogP contribution >= 0.6 is 0 Å². The molecule has 11 heavy (non-hydrogen) atoms. The Balaban J connectivity index is 0.000000461. The minimum atomic E-state index is -0.341. The fraction of sp³-hybridized carbons (Fsp3) is 0.333. The van der Waals surface area contributed by atoms with E-state index in [2.05, 4.69) is 5.73 Å². The van der Waals surface area contributed by atoms with Crippen LogP contribution in [0, 0.1) is 0 Å². The summed E-state index contributed by atoms with van der Waals surface area (Å²) in [6, 6.07) is 9.59. The van der Waals surface area contributed by atoms with Crippen molar-refractivity contribution in [2.45, 2.75) is 13.0 Å². The molecule has 0 saturated heterocycles. The molecule has 1 rings (SSSR count). The number of hydrogen-bond acceptors (Lipinski definition) is 2. The maximum atomic E-state index is 9.02. The van der Waals surface area contributed by atoms with Crippen LogP contribution in [0.1, 0.15) is 18.6 Å². The molecule has 0 aromatic heterocycles. The molecule has 0 bridgehead atoms. The number of rotatable bonds is 1. The van der Waals surface area contributed by atoms with Crippen molar-refractivity contribution < 1.29 is 5.11 Å². The summed E-state index contributed by atoms with van der Waals surface area (Å²) in [7, 11) is 1.50. The zero-order valence-electron chi connectivity index (χ0n) is 6.99. The van der Waals surface area contributed by atoms with Crippen LogP contribution in [0.3, 0.4) is 0 Å². The molecule has 0 aliphatic rings. The Hall–Kier alpha value is -0.860. The lowest BCUT2D eigenvalue weighted by Gasteiger charge is -2.00. The fourth-order valence-electron chi connectivity index (χ4n) is 0.732. The molecule has 1 aromatic carbocycles. The van der Waals surface area contributed by atoms with E-state index in [-0.39, 0.29) is 6.10 Å². The van der Waals surface area contributed by atoms with Crippen LogP contribution in [-0.4, -0.2) is 12.2 Å². The van der Waals surface area contributed by atoms with Gasteiger partial charge in [-0.3, -0.25) is 0 Å². The molecule has 0 aliphatic carbocycles. The van der Waals surface area contributed by atoms with Gasteiger partial charge in [0.2, 0.25) is 0 Å². The Morgan fingerprint density at radius 2 is 1.64 bits per heavy atom. The molecule has 0 fully saturated rings. The quantitative estimate of drug-likeness (QED) is 0.639. The van der Waals surface area contributed by atoms with Gasteiger partial charge >= 0.3 is 0 Å². The summed E-state index contributed by atoms with van der Waals surface area (Å²) in [5.41, 5.74) is 5.47. The van der Waals surface area contributed by atoms with Crippen molar-refractivity contribution in [1.82, 2.24) is 0 Å². The summed E-state index contributed by atoms with van der Waals surface area (Å²) in [5, 5.41) is 9.02. The van der Waals surface area contributed by atoms with Crippen molar-refractivity contribution in [1.29, 1.82) is 0 Å². The molecular weight excluding hydrogens is 138 g/mol. The average Bonchev–Trinajstić information content (AvgIpc) is 2.10. The third kappa shape index (κ3) is 3.75. The molecule has 0 saturated carbocycles. The zero-order valence-corrected chi connectivity index (χ0v) is 6.99. The fourth-order valence-corrected chi connectivity index (χ4v) is 0.732. The second-order valence-electron chi connectivity index (χ2n) is 2.09. The van der Waals surface area contributed by atoms with Gasteiger partial charge < -0.3 is 10.8 Å². The number of aliphatic hydroxyl groups excluding tert-OH is 1. The van der Waals surface area contributed by atoms with Gasteiger partial charge in [-0.2, -0.15) is 0 Å². The standard InChI is InChI=1S/C8H10O.CH5N/c1-7(9)8-5-3-2-4-6-8;1-2/h2-7,9H,1H3;2H2,1H3. The van der Waals surface area contributed by atoms with E-state index in [1.807, 2.05) is 30.3 Å². The first kappa shape index (κ1) is 10.1. The lowest BCUT2D eigenvalue weighted by atomic mass is 10.1. The number of hydrogen-bond donors (Lipinski definition) is 2. The molecule has 0 radical (unpaired) electrons. The first-order valence-electron chi connectivity index (χ1n) is 3.61. The van der Waals surface area contributed by atoms with Gasteiger partial charge in [0.05, 0.1) is 6.10 Å². The normalized spacial score (nSPS) is 11.3. The highest BCUT2D eigenvalue weighted by Gasteiger charge is 1.95. The second kappa shape index (κ2) is 5.89. The van der Waals surface area contributed by atoms with Crippen LogP contribution in [0.25, 0.3) is 0 Å². The van der Waals surface area contributed by atoms with Gasteiger partial charge in [-0.05, 0) is 19.5 Å². The molecule has 1 atom stereocenters. The Morgan fingerprint density at radius 3 is 1.91 bits per heavy atom. The van der Waals surface area contributed by atoms with Crippen LogP contribution < -0.4 is 5.73 Å². The van der Waals surface area contributed by atoms with Crippen molar-refractivity contribution in [3.05, 3.63) is 35.9 Å². The lowest BCUT2D eigenvalue weighted by molar-refractivity contribution is 0.199. The molecule has 2 heteroatoms. The summed E-state index contributed by atoms with van der Waals surface area (Å²) in [4.78, 5) is 0. The molecular formula is C9H15NO. The molecule has 0 aliphatic heterocycles. The smallest absolute Gasteiger partial charge is 0.0761 e. The van der Waals surface area contributed by atoms with E-state index in [0.29, 0.717) is 0 Å². The van der Waals surface area contributed by atoms with Crippen LogP contribution in [0.5, 0.6) is 0 Å². The highest BCUT2D eigenvalue weighted by atomic mass is 16.3. The maximum absolute atomic E-state index is 9.02. The SMILES string of the molecule is CC(O)c1ccccc1.CN. The van der Waals surface area contributed by atoms with E-state index in [9.17, 15) is 0 Å². The van der Waals surface area contributed by atoms with Crippen molar-refractivity contribution >= 4 is 0 Å². The van der Waals surface area contributed by atoms with Crippen molar-refractivity contribution in [3.8, 4) is 0 Å². The molecule has 3 N–H and O–H groups in total. The minimum absolute atomic E-state index is 0.341. The van der Waals surface area contributed by atoms with Crippen LogP contribution in [0.15, 0.2) is 30.3 Å². The van der Waals surface area contributed by atoms with Gasteiger partial charge in [0.15, 0.2) is 0 Å². The van der Waals surface area contributed by atoms with E-state index in [0.717, 1.165) is 5.56 Å². The number of benzene rings is 1. The lowest BCUT2D eigenvalue weighted by Crippen LogP contribution is -1.87. The summed E-state index contributed by atoms with van der Waals surface area (Å²) >= 11 is 0. The monoisotopic (exact) mass is 153 g/mol. The summed E-state index contributed by atoms with van der Waals surface area (Å²) in [6.07, 6.45) is -0.341. The topological polar surface area (TPSA) is 46.2 Å². The van der Waals surface area contributed by atoms with Crippen molar-refractivity contribution in [2.75, 3.05) is 7.05 Å². The van der Waals surface area contributed by atoms with Gasteiger partial charge in [0.25, 0.3) is 0 Å². The van der Waals surface area contributed by atoms with Crippen LogP contribution in [0.2, 0.25) is 0 Å². The third-order valence-corrected chi connectivity index (χ3v) is 1.28. The highest BCUT2D eigenvalue weighted by Crippen LogP contribution is 2.08. The molecule has 0 spiro atoms. The predicted molar refractivity (Wildman–Crippen MR) is 47.2 cm³/mol. The molecule has 0 amide bonds. The number of nitrogens with two attached hydrogens (primary N) is 1. The van der Waals surface area contributed by atoms with Crippen molar-refractivity contribution in [3.63, 3.8) is 0 Å². The molecule has 1 aromatic rings. The van der Waals surface area contributed by atoms with E-state index in [1.165, 1.54) is 7.05 Å². The average molecular weight is 153 g/mol. The number of aliphatic hydroxyl groups is 1. The van der Waals surface area contributed by atoms with Gasteiger partial charge in [-0.15, -0.1) is 0 Å². The minimum Gasteiger partial charge on any atom is -0.389 e. The maximum Gasteiger partial charge on any atom is 0.0761 e. The second-order valence-corrected chi connectivity index (χ2v) is 2.09. The van der Waals surface area contributed by atoms with E-state index < -0.39 is 0 Å². The summed E-state index contributed by atoms with van der Waals surface area (Å²) < 4.78 is 0. The molecule has 62 valence electrons. The van der Waals surface area contributed by atoms with Gasteiger partial charge in [0.1, 0.15) is 0 Å². The van der Waals surface area contributed by atoms with Crippen molar-refractivity contribution in [2.24, 2.45) is 5.73 Å². The predicted octanol–water partition coefficient (Wildman–Crippen LogP) is 1.31. The Kier molecular flexibility index (Phi) is 5.43. The zero-order chi connectivity index (χ0) is 8.69. The van der Waals surface area contributed by atoms with E-state index in [1.54, 1.807) is 6.92 Å². The Morgan fingerprint density at radius 1 is 1.18 bits per heavy atom. The van der Waals surface area contributed by atoms with Gasteiger partial charge in [-0.25, -0.2) is 0 Å². The summed E-state index contributed by atoms with van der Waals surface area (Å²) in [6.45, 7) is 1.76. The Bertz CT molecular complexity index is 172. The van der Waals surface area contributed by atoms with E-state index >= 15 is 0 Å². The first-order chi connectivity index (χ1) is 5.30. The largest absolute Gasteiger partial charge is 0.389 e. The van der Waals surface area contributed by atoms with E-state index in [4.69, 9.17) is 5.11 Å². The highest BCUT2D eigenvalue weighted by molar-refractivity contribution is 5.16. The van der Waals surface area contributed by atoms with Gasteiger partial charge in [-0.1, -0.05) is 30.3 Å². The summed E-state index contributed by atoms with van der Waals surface area (Å²) in [5.74, 6) is 0. The molecule has 2 nitrogen and oxygen atoms in total. The van der Waals surface area contributed by atoms with Crippen LogP contribution in [0.4, 0.5) is 0 Å². The molecule has 1 unspecified atom stereocenters. The first-order valence-corrected chi connectivity index (χ1v) is 3.61. The molecule has 0 heterocycles.